The van der Waals surface area contributed by atoms with Gasteiger partial charge in [0.2, 0.25) is 0 Å². The zero-order valence-electron chi connectivity index (χ0n) is 20.4. The molecule has 0 bridgehead atoms. The van der Waals surface area contributed by atoms with Gasteiger partial charge < -0.3 is 20.4 Å². The van der Waals surface area contributed by atoms with E-state index in [0.717, 1.165) is 31.6 Å². The van der Waals surface area contributed by atoms with Gasteiger partial charge in [-0.2, -0.15) is 0 Å². The number of aliphatic hydroxyl groups is 4. The van der Waals surface area contributed by atoms with Gasteiger partial charge in [-0.1, -0.05) is 40.5 Å². The molecule has 4 saturated carbocycles. The summed E-state index contributed by atoms with van der Waals surface area (Å²) in [6.45, 7) is 9.65. The van der Waals surface area contributed by atoms with Gasteiger partial charge in [0.1, 0.15) is 0 Å². The smallest absolute Gasteiger partial charge is 0.0985 e. The molecule has 4 nitrogen and oxygen atoms in total. The maximum atomic E-state index is 11.6. The second-order valence-corrected chi connectivity index (χ2v) is 12.8. The van der Waals surface area contributed by atoms with Gasteiger partial charge in [-0.15, -0.1) is 0 Å². The van der Waals surface area contributed by atoms with Gasteiger partial charge in [0.15, 0.2) is 0 Å². The maximum Gasteiger partial charge on any atom is 0.0985 e. The van der Waals surface area contributed by atoms with Crippen molar-refractivity contribution in [2.24, 2.45) is 46.3 Å². The van der Waals surface area contributed by atoms with E-state index in [1.807, 2.05) is 0 Å². The molecule has 4 aliphatic carbocycles. The molecule has 0 radical (unpaired) electrons. The Morgan fingerprint density at radius 1 is 0.935 bits per heavy atom. The molecule has 0 aliphatic heterocycles. The number of rotatable bonds is 6. The molecule has 0 heterocycles. The third kappa shape index (κ3) is 3.72. The summed E-state index contributed by atoms with van der Waals surface area (Å²) < 4.78 is 0. The molecule has 4 fully saturated rings. The van der Waals surface area contributed by atoms with Crippen LogP contribution in [0.3, 0.4) is 0 Å². The van der Waals surface area contributed by atoms with E-state index in [9.17, 15) is 20.4 Å². The topological polar surface area (TPSA) is 80.9 Å². The van der Waals surface area contributed by atoms with Gasteiger partial charge in [-0.25, -0.2) is 0 Å². The highest BCUT2D eigenvalue weighted by molar-refractivity contribution is 5.17. The van der Waals surface area contributed by atoms with Crippen LogP contribution in [0.1, 0.15) is 98.3 Å². The molecule has 4 heteroatoms. The molecular formula is C27H48O4. The Morgan fingerprint density at radius 2 is 1.68 bits per heavy atom. The zero-order chi connectivity index (χ0) is 22.6. The quantitative estimate of drug-likeness (QED) is 0.493. The highest BCUT2D eigenvalue weighted by Gasteiger charge is 2.67. The van der Waals surface area contributed by atoms with E-state index >= 15 is 0 Å². The molecule has 0 saturated heterocycles. The minimum absolute atomic E-state index is 0.278. The lowest BCUT2D eigenvalue weighted by Gasteiger charge is -2.65. The molecule has 0 amide bonds. The zero-order valence-corrected chi connectivity index (χ0v) is 20.4. The van der Waals surface area contributed by atoms with Crippen molar-refractivity contribution in [2.45, 2.75) is 116 Å². The number of fused-ring (bicyclic) bond motifs is 5. The summed E-state index contributed by atoms with van der Waals surface area (Å²) in [7, 11) is 0. The Hall–Kier alpha value is -0.160. The first-order valence-electron chi connectivity index (χ1n) is 13.3. The largest absolute Gasteiger partial charge is 0.396 e. The Bertz CT molecular complexity index is 639. The molecule has 4 N–H and O–H groups in total. The molecule has 0 aromatic carbocycles. The summed E-state index contributed by atoms with van der Waals surface area (Å²) >= 11 is 0. The van der Waals surface area contributed by atoms with Crippen LogP contribution in [0.25, 0.3) is 0 Å². The highest BCUT2D eigenvalue weighted by Crippen LogP contribution is 2.69. The van der Waals surface area contributed by atoms with E-state index in [1.54, 1.807) is 0 Å². The van der Waals surface area contributed by atoms with Crippen LogP contribution < -0.4 is 0 Å². The van der Waals surface area contributed by atoms with Gasteiger partial charge in [0.05, 0.1) is 17.8 Å². The van der Waals surface area contributed by atoms with Crippen molar-refractivity contribution in [3.63, 3.8) is 0 Å². The van der Waals surface area contributed by atoms with Crippen LogP contribution in [-0.4, -0.2) is 44.8 Å². The molecule has 0 aromatic heterocycles. The van der Waals surface area contributed by atoms with Gasteiger partial charge in [-0.05, 0) is 92.3 Å². The third-order valence-corrected chi connectivity index (χ3v) is 11.3. The van der Waals surface area contributed by atoms with Gasteiger partial charge in [-0.3, -0.25) is 0 Å². The van der Waals surface area contributed by atoms with Gasteiger partial charge in [0.25, 0.3) is 0 Å². The Kier molecular flexibility index (Phi) is 6.62. The fourth-order valence-electron chi connectivity index (χ4n) is 9.32. The lowest BCUT2D eigenvalue weighted by molar-refractivity contribution is -0.264. The van der Waals surface area contributed by atoms with E-state index in [4.69, 9.17) is 0 Å². The molecule has 6 unspecified atom stereocenters. The van der Waals surface area contributed by atoms with Crippen LogP contribution in [0.4, 0.5) is 0 Å². The fraction of sp³-hybridized carbons (Fsp3) is 1.00. The second kappa shape index (κ2) is 8.56. The van der Waals surface area contributed by atoms with Crippen LogP contribution in [-0.2, 0) is 0 Å². The van der Waals surface area contributed by atoms with Crippen molar-refractivity contribution >= 4 is 0 Å². The lowest BCUT2D eigenvalue weighted by atomic mass is 9.42. The Labute approximate surface area is 189 Å². The SMILES string of the molecule is CC(CO)CCCC(C)C1CCC2C3C[C@@H](O)[C@@]4(O)C[C@@H](O)CC[C@]4(C)C3CC[C@]12C. The van der Waals surface area contributed by atoms with E-state index in [-0.39, 0.29) is 5.41 Å². The molecule has 4 rings (SSSR count). The van der Waals surface area contributed by atoms with E-state index < -0.39 is 17.8 Å². The van der Waals surface area contributed by atoms with Crippen LogP contribution in [0, 0.1) is 46.3 Å². The van der Waals surface area contributed by atoms with E-state index in [0.29, 0.717) is 54.5 Å². The number of hydrogen-bond acceptors (Lipinski definition) is 4. The first-order valence-corrected chi connectivity index (χ1v) is 13.3. The van der Waals surface area contributed by atoms with Crippen molar-refractivity contribution in [1.82, 2.24) is 0 Å². The van der Waals surface area contributed by atoms with Gasteiger partial charge in [0, 0.05) is 18.4 Å². The third-order valence-electron chi connectivity index (χ3n) is 11.3. The summed E-state index contributed by atoms with van der Waals surface area (Å²) in [5, 5.41) is 42.4. The summed E-state index contributed by atoms with van der Waals surface area (Å²) in [6.07, 6.45) is 9.97. The first-order chi connectivity index (χ1) is 14.6. The predicted octanol–water partition coefficient (Wildman–Crippen LogP) is 4.53. The second-order valence-electron chi connectivity index (χ2n) is 12.8. The van der Waals surface area contributed by atoms with Crippen molar-refractivity contribution in [3.05, 3.63) is 0 Å². The fourth-order valence-corrected chi connectivity index (χ4v) is 9.32. The normalized spacial score (nSPS) is 51.5. The van der Waals surface area contributed by atoms with Crippen molar-refractivity contribution in [3.8, 4) is 0 Å². The van der Waals surface area contributed by atoms with Crippen LogP contribution in [0.5, 0.6) is 0 Å². The molecule has 180 valence electrons. The molecule has 0 aromatic rings. The number of aliphatic hydroxyl groups excluding tert-OH is 3. The first kappa shape index (κ1) is 24.0. The molecule has 31 heavy (non-hydrogen) atoms. The number of hydrogen-bond donors (Lipinski definition) is 4. The predicted molar refractivity (Wildman–Crippen MR) is 123 cm³/mol. The highest BCUT2D eigenvalue weighted by atomic mass is 16.3. The summed E-state index contributed by atoms with van der Waals surface area (Å²) in [6, 6.07) is 0. The monoisotopic (exact) mass is 436 g/mol. The Balaban J connectivity index is 1.50. The lowest BCUT2D eigenvalue weighted by Crippen LogP contribution is -2.68. The average Bonchev–Trinajstić information content (AvgIpc) is 3.07. The molecule has 4 aliphatic rings. The van der Waals surface area contributed by atoms with Gasteiger partial charge >= 0.3 is 0 Å². The average molecular weight is 437 g/mol. The van der Waals surface area contributed by atoms with Crippen LogP contribution in [0.15, 0.2) is 0 Å². The van der Waals surface area contributed by atoms with Crippen LogP contribution in [0.2, 0.25) is 0 Å². The van der Waals surface area contributed by atoms with Crippen molar-refractivity contribution in [2.75, 3.05) is 6.61 Å². The molecular weight excluding hydrogens is 388 g/mol. The van der Waals surface area contributed by atoms with Crippen LogP contribution >= 0.6 is 0 Å². The minimum atomic E-state index is -1.13. The molecule has 0 spiro atoms. The summed E-state index contributed by atoms with van der Waals surface area (Å²) in [4.78, 5) is 0. The Morgan fingerprint density at radius 3 is 2.39 bits per heavy atom. The van der Waals surface area contributed by atoms with Crippen molar-refractivity contribution < 1.29 is 20.4 Å². The molecule has 11 atom stereocenters. The summed E-state index contributed by atoms with van der Waals surface area (Å²) in [5.41, 5.74) is -1.06. The maximum absolute atomic E-state index is 11.6. The standard InChI is InChI=1S/C27H48O4/c1-17(16-28)6-5-7-18(2)21-8-9-22-20-14-24(30)27(31)15-19(29)10-13-26(27,4)23(20)11-12-25(21,22)3/h17-24,28-31H,5-16H2,1-4H3/t17?,18?,19-,20?,21?,22?,23?,24+,25+,26+,27-/m0/s1. The van der Waals surface area contributed by atoms with E-state index in [1.165, 1.54) is 32.1 Å². The van der Waals surface area contributed by atoms with Crippen molar-refractivity contribution in [1.29, 1.82) is 0 Å². The summed E-state index contributed by atoms with van der Waals surface area (Å²) in [5.74, 6) is 3.49. The van der Waals surface area contributed by atoms with E-state index in [2.05, 4.69) is 27.7 Å². The minimum Gasteiger partial charge on any atom is -0.396 e.